The van der Waals surface area contributed by atoms with E-state index in [0.717, 1.165) is 17.7 Å². The summed E-state index contributed by atoms with van der Waals surface area (Å²) in [5.41, 5.74) is 2.52. The van der Waals surface area contributed by atoms with Crippen molar-refractivity contribution in [3.63, 3.8) is 0 Å². The van der Waals surface area contributed by atoms with Crippen LogP contribution in [0.1, 0.15) is 35.6 Å². The zero-order chi connectivity index (χ0) is 13.6. The number of nitrogens with zero attached hydrogens (tertiary/aromatic N) is 1. The van der Waals surface area contributed by atoms with Gasteiger partial charge in [0.2, 0.25) is 0 Å². The molecular weight excluding hydrogens is 246 g/mol. The first-order chi connectivity index (χ1) is 9.79. The molecule has 1 N–H and O–H groups in total. The maximum atomic E-state index is 11.4. The van der Waals surface area contributed by atoms with Crippen LogP contribution >= 0.6 is 0 Å². The van der Waals surface area contributed by atoms with Gasteiger partial charge in [0.25, 0.3) is 0 Å². The van der Waals surface area contributed by atoms with E-state index in [1.54, 1.807) is 0 Å². The monoisotopic (exact) mass is 265 g/mol. The highest BCUT2D eigenvalue weighted by Crippen LogP contribution is 2.45. The largest absolute Gasteiger partial charge is 0.379 e. The SMILES string of the molecule is O[C@@]1(c2ccccc2)CN2CCC[C@@H]2c2ccccc21. The Balaban J connectivity index is 1.91. The van der Waals surface area contributed by atoms with Crippen LogP contribution in [0.4, 0.5) is 0 Å². The number of hydrogen-bond acceptors (Lipinski definition) is 2. The first-order valence-electron chi connectivity index (χ1n) is 7.40. The molecule has 2 aliphatic rings. The Kier molecular flexibility index (Phi) is 2.69. The summed E-state index contributed by atoms with van der Waals surface area (Å²) in [7, 11) is 0. The Labute approximate surface area is 119 Å². The van der Waals surface area contributed by atoms with Gasteiger partial charge in [-0.1, -0.05) is 54.6 Å². The standard InChI is InChI=1S/C18H19NO/c20-18(14-7-2-1-3-8-14)13-19-12-6-11-17(19)15-9-4-5-10-16(15)18/h1-5,7-10,17,20H,6,11-13H2/t17-,18-/m1/s1. The zero-order valence-corrected chi connectivity index (χ0v) is 11.5. The van der Waals surface area contributed by atoms with Crippen LogP contribution in [0.3, 0.4) is 0 Å². The van der Waals surface area contributed by atoms with Crippen molar-refractivity contribution in [1.82, 2.24) is 4.90 Å². The molecule has 2 nitrogen and oxygen atoms in total. The van der Waals surface area contributed by atoms with Gasteiger partial charge in [-0.2, -0.15) is 0 Å². The maximum Gasteiger partial charge on any atom is 0.128 e. The van der Waals surface area contributed by atoms with Gasteiger partial charge in [-0.3, -0.25) is 4.90 Å². The molecule has 0 bridgehead atoms. The normalized spacial score (nSPS) is 28.9. The van der Waals surface area contributed by atoms with Gasteiger partial charge >= 0.3 is 0 Å². The van der Waals surface area contributed by atoms with E-state index in [4.69, 9.17) is 0 Å². The fourth-order valence-corrected chi connectivity index (χ4v) is 3.87. The fraction of sp³-hybridized carbons (Fsp3) is 0.333. The predicted octanol–water partition coefficient (Wildman–Crippen LogP) is 3.07. The number of hydrogen-bond donors (Lipinski definition) is 1. The Bertz CT molecular complexity index is 624. The molecule has 2 heterocycles. The molecule has 0 amide bonds. The summed E-state index contributed by atoms with van der Waals surface area (Å²) < 4.78 is 0. The molecule has 0 radical (unpaired) electrons. The zero-order valence-electron chi connectivity index (χ0n) is 11.5. The van der Waals surface area contributed by atoms with Crippen molar-refractivity contribution in [2.45, 2.75) is 24.5 Å². The van der Waals surface area contributed by atoms with E-state index in [1.165, 1.54) is 18.4 Å². The lowest BCUT2D eigenvalue weighted by Gasteiger charge is -2.43. The summed E-state index contributed by atoms with van der Waals surface area (Å²) in [5.74, 6) is 0. The molecule has 2 aliphatic heterocycles. The highest BCUT2D eigenvalue weighted by Gasteiger charge is 2.44. The average molecular weight is 265 g/mol. The Morgan fingerprint density at radius 3 is 2.60 bits per heavy atom. The topological polar surface area (TPSA) is 23.5 Å². The molecular formula is C18H19NO. The Morgan fingerprint density at radius 2 is 1.75 bits per heavy atom. The molecule has 102 valence electrons. The lowest BCUT2D eigenvalue weighted by Crippen LogP contribution is -2.46. The molecule has 0 aromatic heterocycles. The van der Waals surface area contributed by atoms with Gasteiger partial charge in [0.05, 0.1) is 0 Å². The second kappa shape index (κ2) is 4.44. The minimum atomic E-state index is -0.876. The molecule has 4 rings (SSSR count). The van der Waals surface area contributed by atoms with E-state index < -0.39 is 5.60 Å². The van der Waals surface area contributed by atoms with Gasteiger partial charge in [-0.25, -0.2) is 0 Å². The van der Waals surface area contributed by atoms with E-state index in [0.29, 0.717) is 12.6 Å². The number of benzene rings is 2. The summed E-state index contributed by atoms with van der Waals surface area (Å²) in [5, 5.41) is 11.4. The molecule has 1 fully saturated rings. The summed E-state index contributed by atoms with van der Waals surface area (Å²) in [4.78, 5) is 2.44. The molecule has 2 heteroatoms. The minimum absolute atomic E-state index is 0.496. The van der Waals surface area contributed by atoms with Crippen LogP contribution in [0.2, 0.25) is 0 Å². The van der Waals surface area contributed by atoms with Crippen LogP contribution in [-0.4, -0.2) is 23.1 Å². The van der Waals surface area contributed by atoms with Crippen molar-refractivity contribution in [2.75, 3.05) is 13.1 Å². The molecule has 1 saturated heterocycles. The molecule has 0 spiro atoms. The second-order valence-corrected chi connectivity index (χ2v) is 5.94. The van der Waals surface area contributed by atoms with E-state index in [1.807, 2.05) is 36.4 Å². The number of aliphatic hydroxyl groups is 1. The summed E-state index contributed by atoms with van der Waals surface area (Å²) in [6.45, 7) is 1.80. The third kappa shape index (κ3) is 1.65. The summed E-state index contributed by atoms with van der Waals surface area (Å²) in [6, 6.07) is 19.0. The highest BCUT2D eigenvalue weighted by molar-refractivity contribution is 5.45. The van der Waals surface area contributed by atoms with Crippen molar-refractivity contribution in [3.8, 4) is 0 Å². The van der Waals surface area contributed by atoms with Crippen molar-refractivity contribution >= 4 is 0 Å². The first-order valence-corrected chi connectivity index (χ1v) is 7.40. The first kappa shape index (κ1) is 12.1. The Morgan fingerprint density at radius 1 is 1.00 bits per heavy atom. The van der Waals surface area contributed by atoms with Crippen molar-refractivity contribution in [3.05, 3.63) is 71.3 Å². The van der Waals surface area contributed by atoms with Crippen LogP contribution in [-0.2, 0) is 5.60 Å². The average Bonchev–Trinajstić information content (AvgIpc) is 2.97. The van der Waals surface area contributed by atoms with Crippen molar-refractivity contribution in [2.24, 2.45) is 0 Å². The lowest BCUT2D eigenvalue weighted by atomic mass is 9.78. The lowest BCUT2D eigenvalue weighted by molar-refractivity contribution is 0.0148. The van der Waals surface area contributed by atoms with Gasteiger partial charge in [0, 0.05) is 12.6 Å². The molecule has 2 aromatic carbocycles. The number of rotatable bonds is 1. The van der Waals surface area contributed by atoms with Gasteiger partial charge in [0.1, 0.15) is 5.60 Å². The number of fused-ring (bicyclic) bond motifs is 3. The van der Waals surface area contributed by atoms with Gasteiger partial charge < -0.3 is 5.11 Å². The van der Waals surface area contributed by atoms with Gasteiger partial charge in [-0.15, -0.1) is 0 Å². The fourth-order valence-electron chi connectivity index (χ4n) is 3.87. The molecule has 0 saturated carbocycles. The molecule has 2 atom stereocenters. The molecule has 20 heavy (non-hydrogen) atoms. The van der Waals surface area contributed by atoms with E-state index in [-0.39, 0.29) is 0 Å². The van der Waals surface area contributed by atoms with E-state index in [9.17, 15) is 5.11 Å². The summed E-state index contributed by atoms with van der Waals surface area (Å²) >= 11 is 0. The van der Waals surface area contributed by atoms with E-state index in [2.05, 4.69) is 23.1 Å². The third-order valence-corrected chi connectivity index (χ3v) is 4.81. The Hall–Kier alpha value is -1.64. The molecule has 0 aliphatic carbocycles. The minimum Gasteiger partial charge on any atom is -0.379 e. The summed E-state index contributed by atoms with van der Waals surface area (Å²) in [6.07, 6.45) is 2.44. The van der Waals surface area contributed by atoms with Gasteiger partial charge in [-0.05, 0) is 36.1 Å². The van der Waals surface area contributed by atoms with Crippen LogP contribution in [0.5, 0.6) is 0 Å². The molecule has 0 unspecified atom stereocenters. The quantitative estimate of drug-likeness (QED) is 0.856. The highest BCUT2D eigenvalue weighted by atomic mass is 16.3. The van der Waals surface area contributed by atoms with Crippen molar-refractivity contribution in [1.29, 1.82) is 0 Å². The smallest absolute Gasteiger partial charge is 0.128 e. The van der Waals surface area contributed by atoms with E-state index >= 15 is 0 Å². The van der Waals surface area contributed by atoms with Gasteiger partial charge in [0.15, 0.2) is 0 Å². The second-order valence-electron chi connectivity index (χ2n) is 5.94. The third-order valence-electron chi connectivity index (χ3n) is 4.81. The van der Waals surface area contributed by atoms with Crippen molar-refractivity contribution < 1.29 is 5.11 Å². The predicted molar refractivity (Wildman–Crippen MR) is 79.4 cm³/mol. The van der Waals surface area contributed by atoms with Crippen LogP contribution in [0.25, 0.3) is 0 Å². The maximum absolute atomic E-state index is 11.4. The molecule has 2 aromatic rings. The van der Waals surface area contributed by atoms with Crippen LogP contribution in [0, 0.1) is 0 Å². The van der Waals surface area contributed by atoms with Crippen LogP contribution in [0.15, 0.2) is 54.6 Å². The van der Waals surface area contributed by atoms with Crippen LogP contribution < -0.4 is 0 Å².